The van der Waals surface area contributed by atoms with Crippen LogP contribution < -0.4 is 10.9 Å². The first-order valence-corrected chi connectivity index (χ1v) is 5.81. The van der Waals surface area contributed by atoms with Crippen LogP contribution in [0.4, 0.5) is 0 Å². The summed E-state index contributed by atoms with van der Waals surface area (Å²) in [5, 5.41) is 11.4. The standard InChI is InChI=1S/C12H13N3O5/c1-12(2)11(20)14-9(18)5-15(12)10(19)6-3-7(16)13-8(17)4-6/h3-4H,5H2,1-2H3,(H2,13,16,17)(H,14,18,20). The molecule has 0 unspecified atom stereocenters. The van der Waals surface area contributed by atoms with Gasteiger partial charge in [0, 0.05) is 12.1 Å². The first kappa shape index (κ1) is 13.8. The van der Waals surface area contributed by atoms with Crippen molar-refractivity contribution in [2.45, 2.75) is 19.4 Å². The van der Waals surface area contributed by atoms with E-state index in [1.807, 2.05) is 0 Å². The van der Waals surface area contributed by atoms with Crippen LogP contribution in [0.1, 0.15) is 24.2 Å². The highest BCUT2D eigenvalue weighted by Gasteiger charge is 2.43. The predicted octanol–water partition coefficient (Wildman–Crippen LogP) is -1.04. The Bertz CT molecular complexity index is 661. The number of H-pyrrole nitrogens is 1. The van der Waals surface area contributed by atoms with Crippen molar-refractivity contribution in [2.75, 3.05) is 6.54 Å². The number of aromatic amines is 1. The molecular formula is C12H13N3O5. The lowest BCUT2D eigenvalue weighted by Gasteiger charge is -2.40. The fraction of sp³-hybridized carbons (Fsp3) is 0.333. The summed E-state index contributed by atoms with van der Waals surface area (Å²) in [6, 6.07) is 2.06. The summed E-state index contributed by atoms with van der Waals surface area (Å²) in [4.78, 5) is 49.9. The molecule has 0 aromatic carbocycles. The molecule has 0 atom stereocenters. The predicted molar refractivity (Wildman–Crippen MR) is 67.0 cm³/mol. The maximum atomic E-state index is 12.3. The number of rotatable bonds is 1. The summed E-state index contributed by atoms with van der Waals surface area (Å²) < 4.78 is 0. The molecule has 0 spiro atoms. The number of imide groups is 1. The van der Waals surface area contributed by atoms with E-state index in [0.717, 1.165) is 17.0 Å². The van der Waals surface area contributed by atoms with E-state index >= 15 is 0 Å². The highest BCUT2D eigenvalue weighted by atomic mass is 16.3. The van der Waals surface area contributed by atoms with Crippen LogP contribution in [0.5, 0.6) is 5.88 Å². The first-order chi connectivity index (χ1) is 9.21. The maximum absolute atomic E-state index is 12.3. The number of amides is 3. The quantitative estimate of drug-likeness (QED) is 0.567. The molecule has 1 aliphatic heterocycles. The zero-order valence-electron chi connectivity index (χ0n) is 10.9. The number of nitrogens with one attached hydrogen (secondary N) is 2. The summed E-state index contributed by atoms with van der Waals surface area (Å²) in [5.41, 5.74) is -1.98. The van der Waals surface area contributed by atoms with Gasteiger partial charge in [0.25, 0.3) is 17.4 Å². The fourth-order valence-electron chi connectivity index (χ4n) is 1.92. The fourth-order valence-corrected chi connectivity index (χ4v) is 1.92. The normalized spacial score (nSPS) is 17.8. The third kappa shape index (κ3) is 2.27. The van der Waals surface area contributed by atoms with Crippen LogP contribution in [0.15, 0.2) is 16.9 Å². The summed E-state index contributed by atoms with van der Waals surface area (Å²) in [6.45, 7) is 2.67. The molecule has 0 radical (unpaired) electrons. The van der Waals surface area contributed by atoms with E-state index in [1.54, 1.807) is 0 Å². The third-order valence-corrected chi connectivity index (χ3v) is 3.11. The van der Waals surface area contributed by atoms with E-state index in [4.69, 9.17) is 0 Å². The number of carbonyl (C=O) groups excluding carboxylic acids is 3. The Labute approximate surface area is 113 Å². The molecule has 1 saturated heterocycles. The lowest BCUT2D eigenvalue weighted by atomic mass is 9.97. The van der Waals surface area contributed by atoms with E-state index in [2.05, 4.69) is 10.3 Å². The zero-order valence-corrected chi connectivity index (χ0v) is 10.9. The topological polar surface area (TPSA) is 120 Å². The van der Waals surface area contributed by atoms with Gasteiger partial charge in [-0.2, -0.15) is 0 Å². The van der Waals surface area contributed by atoms with Gasteiger partial charge < -0.3 is 10.0 Å². The summed E-state index contributed by atoms with van der Waals surface area (Å²) in [7, 11) is 0. The van der Waals surface area contributed by atoms with Gasteiger partial charge in [0.2, 0.25) is 5.91 Å². The number of pyridine rings is 1. The average Bonchev–Trinajstić information content (AvgIpc) is 2.32. The molecule has 8 nitrogen and oxygen atoms in total. The highest BCUT2D eigenvalue weighted by Crippen LogP contribution is 2.21. The van der Waals surface area contributed by atoms with Crippen LogP contribution in [-0.2, 0) is 9.59 Å². The SMILES string of the molecule is CC1(C)C(=O)NC(=O)CN1C(=O)c1cc(O)[nH]c(=O)c1. The molecule has 2 heterocycles. The molecule has 1 fully saturated rings. The molecule has 8 heteroatoms. The lowest BCUT2D eigenvalue weighted by Crippen LogP contribution is -2.65. The van der Waals surface area contributed by atoms with Crippen molar-refractivity contribution < 1.29 is 19.5 Å². The molecule has 2 rings (SSSR count). The number of hydrogen-bond donors (Lipinski definition) is 3. The number of hydrogen-bond acceptors (Lipinski definition) is 5. The Morgan fingerprint density at radius 2 is 1.95 bits per heavy atom. The molecule has 106 valence electrons. The van der Waals surface area contributed by atoms with Crippen molar-refractivity contribution in [3.05, 3.63) is 28.0 Å². The van der Waals surface area contributed by atoms with Gasteiger partial charge in [-0.25, -0.2) is 0 Å². The molecule has 3 N–H and O–H groups in total. The molecule has 1 aromatic rings. The van der Waals surface area contributed by atoms with Crippen molar-refractivity contribution in [1.29, 1.82) is 0 Å². The summed E-state index contributed by atoms with van der Waals surface area (Å²) in [5.74, 6) is -2.35. The Kier molecular flexibility index (Phi) is 3.09. The zero-order chi connectivity index (χ0) is 15.1. The van der Waals surface area contributed by atoms with Crippen LogP contribution in [-0.4, -0.2) is 44.8 Å². The smallest absolute Gasteiger partial charge is 0.255 e. The molecular weight excluding hydrogens is 266 g/mol. The van der Waals surface area contributed by atoms with Gasteiger partial charge in [0.15, 0.2) is 5.88 Å². The first-order valence-electron chi connectivity index (χ1n) is 5.81. The van der Waals surface area contributed by atoms with Gasteiger partial charge >= 0.3 is 0 Å². The van der Waals surface area contributed by atoms with Crippen LogP contribution in [0.2, 0.25) is 0 Å². The molecule has 0 bridgehead atoms. The largest absolute Gasteiger partial charge is 0.494 e. The molecule has 1 aromatic heterocycles. The van der Waals surface area contributed by atoms with Crippen LogP contribution in [0.25, 0.3) is 0 Å². The van der Waals surface area contributed by atoms with Gasteiger partial charge in [-0.1, -0.05) is 0 Å². The minimum atomic E-state index is -1.23. The van der Waals surface area contributed by atoms with Crippen molar-refractivity contribution in [3.8, 4) is 5.88 Å². The second kappa shape index (κ2) is 4.48. The van der Waals surface area contributed by atoms with Crippen molar-refractivity contribution in [3.63, 3.8) is 0 Å². The Morgan fingerprint density at radius 1 is 1.30 bits per heavy atom. The monoisotopic (exact) mass is 279 g/mol. The molecule has 1 aliphatic rings. The third-order valence-electron chi connectivity index (χ3n) is 3.11. The van der Waals surface area contributed by atoms with E-state index in [0.29, 0.717) is 0 Å². The maximum Gasteiger partial charge on any atom is 0.255 e. The molecule has 3 amide bonds. The Hall–Kier alpha value is -2.64. The van der Waals surface area contributed by atoms with Crippen molar-refractivity contribution in [2.24, 2.45) is 0 Å². The Balaban J connectivity index is 2.43. The van der Waals surface area contributed by atoms with Crippen LogP contribution >= 0.6 is 0 Å². The van der Waals surface area contributed by atoms with E-state index < -0.39 is 34.7 Å². The van der Waals surface area contributed by atoms with E-state index in [1.165, 1.54) is 13.8 Å². The van der Waals surface area contributed by atoms with Crippen molar-refractivity contribution >= 4 is 17.7 Å². The number of aromatic hydroxyl groups is 1. The second-order valence-electron chi connectivity index (χ2n) is 4.95. The van der Waals surface area contributed by atoms with Gasteiger partial charge in [-0.15, -0.1) is 0 Å². The highest BCUT2D eigenvalue weighted by molar-refractivity contribution is 6.08. The second-order valence-corrected chi connectivity index (χ2v) is 4.95. The number of carbonyl (C=O) groups is 3. The van der Waals surface area contributed by atoms with E-state index in [-0.39, 0.29) is 12.1 Å². The lowest BCUT2D eigenvalue weighted by molar-refractivity contribution is -0.143. The van der Waals surface area contributed by atoms with Crippen LogP contribution in [0.3, 0.4) is 0 Å². The average molecular weight is 279 g/mol. The molecule has 0 aliphatic carbocycles. The summed E-state index contributed by atoms with van der Waals surface area (Å²) in [6.07, 6.45) is 0. The number of aromatic nitrogens is 1. The van der Waals surface area contributed by atoms with E-state index in [9.17, 15) is 24.3 Å². The minimum absolute atomic E-state index is 0.0955. The van der Waals surface area contributed by atoms with Gasteiger partial charge in [-0.3, -0.25) is 29.5 Å². The van der Waals surface area contributed by atoms with Gasteiger partial charge in [0.1, 0.15) is 12.1 Å². The van der Waals surface area contributed by atoms with Gasteiger partial charge in [-0.05, 0) is 13.8 Å². The van der Waals surface area contributed by atoms with Crippen LogP contribution in [0, 0.1) is 0 Å². The number of nitrogens with zero attached hydrogens (tertiary/aromatic N) is 1. The van der Waals surface area contributed by atoms with Gasteiger partial charge in [0.05, 0.1) is 5.56 Å². The minimum Gasteiger partial charge on any atom is -0.494 e. The van der Waals surface area contributed by atoms with Crippen molar-refractivity contribution in [1.82, 2.24) is 15.2 Å². The molecule has 0 saturated carbocycles. The molecule has 20 heavy (non-hydrogen) atoms. The number of piperazine rings is 1. The summed E-state index contributed by atoms with van der Waals surface area (Å²) >= 11 is 0. The Morgan fingerprint density at radius 3 is 2.55 bits per heavy atom.